The molecule has 1 amide bonds. The molecule has 3 N–H and O–H groups in total. The third kappa shape index (κ3) is 5.62. The minimum Gasteiger partial charge on any atom is -0.325 e. The zero-order chi connectivity index (χ0) is 22.7. The van der Waals surface area contributed by atoms with Gasteiger partial charge in [-0.05, 0) is 42.2 Å². The number of nitrogens with one attached hydrogen (secondary N) is 3. The number of amides is 1. The van der Waals surface area contributed by atoms with E-state index in [4.69, 9.17) is 0 Å². The number of H-pyrrole nitrogens is 2. The molecule has 0 saturated heterocycles. The van der Waals surface area contributed by atoms with Gasteiger partial charge in [-0.1, -0.05) is 73.0 Å². The van der Waals surface area contributed by atoms with Crippen molar-refractivity contribution >= 4 is 57.5 Å². The fourth-order valence-electron chi connectivity index (χ4n) is 3.01. The van der Waals surface area contributed by atoms with E-state index in [2.05, 4.69) is 63.6 Å². The van der Waals surface area contributed by atoms with Crippen LogP contribution in [-0.2, 0) is 10.5 Å². The summed E-state index contributed by atoms with van der Waals surface area (Å²) in [5.74, 6) is 1.22. The van der Waals surface area contributed by atoms with Crippen molar-refractivity contribution < 1.29 is 4.79 Å². The van der Waals surface area contributed by atoms with Crippen molar-refractivity contribution in [3.63, 3.8) is 0 Å². The molecule has 2 aromatic heterocycles. The highest BCUT2D eigenvalue weighted by atomic mass is 32.2. The van der Waals surface area contributed by atoms with E-state index in [-0.39, 0.29) is 16.8 Å². The molecule has 0 saturated carbocycles. The molecule has 0 aliphatic rings. The largest absolute Gasteiger partial charge is 0.325 e. The maximum Gasteiger partial charge on any atom is 0.323 e. The SMILES string of the molecule is CC(Sc1nnc(SCc2ccc(C(C)C)cc2)s1)C(=O)Nc1ccc2[nH]c(=O)[nH]c2c1. The smallest absolute Gasteiger partial charge is 0.323 e. The Morgan fingerprint density at radius 3 is 2.50 bits per heavy atom. The predicted octanol–water partition coefficient (Wildman–Crippen LogP) is 5.24. The molecule has 0 aliphatic carbocycles. The standard InChI is InChI=1S/C22H23N5O2S3/c1-12(2)15-6-4-14(5-7-15)11-30-21-26-27-22(32-21)31-13(3)19(28)23-16-8-9-17-18(10-16)25-20(29)24-17/h4-10,12-13H,11H2,1-3H3,(H,23,28)(H2,24,25,29). The molecular weight excluding hydrogens is 462 g/mol. The highest BCUT2D eigenvalue weighted by Crippen LogP contribution is 2.33. The molecule has 0 radical (unpaired) electrons. The van der Waals surface area contributed by atoms with Crippen LogP contribution in [0.15, 0.2) is 55.9 Å². The quantitative estimate of drug-likeness (QED) is 0.295. The first-order valence-corrected chi connectivity index (χ1v) is 12.8. The third-order valence-corrected chi connectivity index (χ3v) is 8.14. The van der Waals surface area contributed by atoms with Gasteiger partial charge in [0.05, 0.1) is 16.3 Å². The number of thioether (sulfide) groups is 2. The molecule has 1 unspecified atom stereocenters. The Labute approximate surface area is 197 Å². The number of rotatable bonds is 8. The molecule has 0 spiro atoms. The number of carbonyl (C=O) groups excluding carboxylic acids is 1. The first-order chi connectivity index (χ1) is 15.4. The summed E-state index contributed by atoms with van der Waals surface area (Å²) in [6.45, 7) is 6.21. The maximum absolute atomic E-state index is 12.6. The Balaban J connectivity index is 1.30. The molecule has 1 atom stereocenters. The lowest BCUT2D eigenvalue weighted by Gasteiger charge is -2.10. The topological polar surface area (TPSA) is 104 Å². The van der Waals surface area contributed by atoms with E-state index >= 15 is 0 Å². The van der Waals surface area contributed by atoms with Crippen LogP contribution in [0.1, 0.15) is 37.8 Å². The summed E-state index contributed by atoms with van der Waals surface area (Å²) in [7, 11) is 0. The van der Waals surface area contributed by atoms with E-state index in [1.807, 2.05) is 6.92 Å². The second kappa shape index (κ2) is 9.93. The van der Waals surface area contributed by atoms with Crippen LogP contribution in [0.2, 0.25) is 0 Å². The van der Waals surface area contributed by atoms with Gasteiger partial charge in [-0.2, -0.15) is 0 Å². The number of nitrogens with zero attached hydrogens (tertiary/aromatic N) is 2. The molecule has 2 aromatic carbocycles. The number of hydrogen-bond donors (Lipinski definition) is 3. The minimum absolute atomic E-state index is 0.137. The summed E-state index contributed by atoms with van der Waals surface area (Å²) in [4.78, 5) is 29.3. The molecule has 4 rings (SSSR count). The van der Waals surface area contributed by atoms with Gasteiger partial charge < -0.3 is 15.3 Å². The van der Waals surface area contributed by atoms with Gasteiger partial charge in [-0.3, -0.25) is 4.79 Å². The number of aromatic nitrogens is 4. The zero-order valence-electron chi connectivity index (χ0n) is 17.8. The van der Waals surface area contributed by atoms with Gasteiger partial charge in [0.2, 0.25) is 5.91 Å². The summed E-state index contributed by atoms with van der Waals surface area (Å²) in [6, 6.07) is 13.9. The van der Waals surface area contributed by atoms with E-state index in [9.17, 15) is 9.59 Å². The molecule has 0 bridgehead atoms. The lowest BCUT2D eigenvalue weighted by molar-refractivity contribution is -0.115. The van der Waals surface area contributed by atoms with Crippen LogP contribution < -0.4 is 11.0 Å². The second-order valence-corrected chi connectivity index (χ2v) is 11.4. The van der Waals surface area contributed by atoms with Gasteiger partial charge in [0.15, 0.2) is 8.68 Å². The molecule has 0 fully saturated rings. The first-order valence-electron chi connectivity index (χ1n) is 10.1. The summed E-state index contributed by atoms with van der Waals surface area (Å²) < 4.78 is 1.64. The third-order valence-electron chi connectivity index (χ3n) is 4.83. The Bertz CT molecular complexity index is 1280. The fourth-order valence-corrected chi connectivity index (χ4v) is 6.13. The summed E-state index contributed by atoms with van der Waals surface area (Å²) in [6.07, 6.45) is 0. The average Bonchev–Trinajstić information content (AvgIpc) is 3.37. The molecule has 166 valence electrons. The van der Waals surface area contributed by atoms with E-state index < -0.39 is 0 Å². The number of benzene rings is 2. The van der Waals surface area contributed by atoms with Crippen LogP contribution in [0.25, 0.3) is 11.0 Å². The van der Waals surface area contributed by atoms with Crippen LogP contribution in [0.4, 0.5) is 5.69 Å². The number of anilines is 1. The Kier molecular flexibility index (Phi) is 7.02. The fraction of sp³-hybridized carbons (Fsp3) is 0.273. The van der Waals surface area contributed by atoms with Crippen molar-refractivity contribution in [2.45, 2.75) is 46.4 Å². The van der Waals surface area contributed by atoms with Gasteiger partial charge >= 0.3 is 5.69 Å². The van der Waals surface area contributed by atoms with E-state index in [1.54, 1.807) is 30.0 Å². The average molecular weight is 486 g/mol. The molecule has 7 nitrogen and oxygen atoms in total. The highest BCUT2D eigenvalue weighted by molar-refractivity contribution is 8.03. The monoisotopic (exact) mass is 485 g/mol. The van der Waals surface area contributed by atoms with Crippen molar-refractivity contribution in [1.82, 2.24) is 20.2 Å². The molecule has 2 heterocycles. The van der Waals surface area contributed by atoms with Gasteiger partial charge in [0, 0.05) is 11.4 Å². The van der Waals surface area contributed by atoms with E-state index in [1.165, 1.54) is 34.2 Å². The van der Waals surface area contributed by atoms with Gasteiger partial charge in [-0.25, -0.2) is 4.79 Å². The van der Waals surface area contributed by atoms with E-state index in [0.717, 1.165) is 14.4 Å². The molecule has 0 aliphatic heterocycles. The number of fused-ring (bicyclic) bond motifs is 1. The van der Waals surface area contributed by atoms with Crippen molar-refractivity contribution in [2.24, 2.45) is 0 Å². The maximum atomic E-state index is 12.6. The Morgan fingerprint density at radius 2 is 1.75 bits per heavy atom. The summed E-state index contributed by atoms with van der Waals surface area (Å²) in [5, 5.41) is 11.0. The predicted molar refractivity (Wildman–Crippen MR) is 133 cm³/mol. The summed E-state index contributed by atoms with van der Waals surface area (Å²) >= 11 is 4.53. The van der Waals surface area contributed by atoms with Crippen LogP contribution in [0.5, 0.6) is 0 Å². The molecule has 32 heavy (non-hydrogen) atoms. The lowest BCUT2D eigenvalue weighted by Crippen LogP contribution is -2.22. The molecule has 10 heteroatoms. The Morgan fingerprint density at radius 1 is 1.03 bits per heavy atom. The number of imidazole rings is 1. The number of carbonyl (C=O) groups is 1. The first kappa shape index (κ1) is 22.6. The molecular formula is C22H23N5O2S3. The lowest BCUT2D eigenvalue weighted by atomic mass is 10.0. The van der Waals surface area contributed by atoms with Crippen LogP contribution in [0, 0.1) is 0 Å². The minimum atomic E-state index is -0.342. The zero-order valence-corrected chi connectivity index (χ0v) is 20.3. The van der Waals surface area contributed by atoms with Crippen LogP contribution in [-0.4, -0.2) is 31.3 Å². The second-order valence-electron chi connectivity index (χ2n) is 7.61. The van der Waals surface area contributed by atoms with Crippen LogP contribution >= 0.6 is 34.9 Å². The van der Waals surface area contributed by atoms with Gasteiger partial charge in [-0.15, -0.1) is 10.2 Å². The summed E-state index contributed by atoms with van der Waals surface area (Å²) in [5.41, 5.74) is 4.29. The van der Waals surface area contributed by atoms with E-state index in [0.29, 0.717) is 22.6 Å². The normalized spacial score (nSPS) is 12.4. The van der Waals surface area contributed by atoms with Crippen molar-refractivity contribution in [3.05, 3.63) is 64.1 Å². The van der Waals surface area contributed by atoms with Crippen molar-refractivity contribution in [3.8, 4) is 0 Å². The van der Waals surface area contributed by atoms with Gasteiger partial charge in [0.25, 0.3) is 0 Å². The number of hydrogen-bond acceptors (Lipinski definition) is 7. The van der Waals surface area contributed by atoms with Gasteiger partial charge in [0.1, 0.15) is 0 Å². The van der Waals surface area contributed by atoms with Crippen LogP contribution in [0.3, 0.4) is 0 Å². The highest BCUT2D eigenvalue weighted by Gasteiger charge is 2.18. The van der Waals surface area contributed by atoms with Crippen molar-refractivity contribution in [1.29, 1.82) is 0 Å². The Hall–Kier alpha value is -2.56. The number of aromatic amines is 2. The molecule has 4 aromatic rings. The van der Waals surface area contributed by atoms with Crippen molar-refractivity contribution in [2.75, 3.05) is 5.32 Å².